The van der Waals surface area contributed by atoms with Crippen molar-refractivity contribution >= 4 is 12.2 Å². The summed E-state index contributed by atoms with van der Waals surface area (Å²) in [6, 6.07) is 0.239. The molecule has 0 unspecified atom stereocenters. The van der Waals surface area contributed by atoms with E-state index in [1.807, 2.05) is 24.1 Å². The van der Waals surface area contributed by atoms with Crippen molar-refractivity contribution in [2.45, 2.75) is 90.4 Å². The van der Waals surface area contributed by atoms with Crippen molar-refractivity contribution in [1.29, 1.82) is 0 Å². The summed E-state index contributed by atoms with van der Waals surface area (Å²) in [5, 5.41) is 4.95. The van der Waals surface area contributed by atoms with E-state index in [1.165, 1.54) is 12.8 Å². The molecule has 2 aromatic rings. The molecule has 0 saturated heterocycles. The number of carbonyl (C=O) groups is 2. The lowest BCUT2D eigenvalue weighted by Gasteiger charge is -2.38. The highest BCUT2D eigenvalue weighted by Gasteiger charge is 2.39. The molecule has 2 fully saturated rings. The van der Waals surface area contributed by atoms with Crippen LogP contribution in [-0.4, -0.2) is 54.2 Å². The number of imidazole rings is 1. The van der Waals surface area contributed by atoms with Crippen molar-refractivity contribution in [3.8, 4) is 11.3 Å². The van der Waals surface area contributed by atoms with Gasteiger partial charge in [0.05, 0.1) is 30.0 Å². The molecule has 2 heterocycles. The van der Waals surface area contributed by atoms with Crippen LogP contribution in [0.25, 0.3) is 11.3 Å². The average Bonchev–Trinajstić information content (AvgIpc) is 3.27. The normalized spacial score (nSPS) is 20.6. The Morgan fingerprint density at radius 2 is 1.65 bits per heavy atom. The number of hydrogen-bond acceptors (Lipinski definition) is 6. The Hall–Kier alpha value is -2.84. The van der Waals surface area contributed by atoms with Crippen LogP contribution in [0.1, 0.15) is 84.9 Å². The Morgan fingerprint density at radius 3 is 2.12 bits per heavy atom. The smallest absolute Gasteiger partial charge is 0.419 e. The third-order valence-electron chi connectivity index (χ3n) is 6.07. The van der Waals surface area contributed by atoms with E-state index in [0.29, 0.717) is 5.92 Å². The van der Waals surface area contributed by atoms with Crippen LogP contribution in [-0.2, 0) is 16.5 Å². The van der Waals surface area contributed by atoms with E-state index in [9.17, 15) is 9.59 Å². The van der Waals surface area contributed by atoms with E-state index < -0.39 is 23.4 Å². The Morgan fingerprint density at radius 1 is 1.06 bits per heavy atom. The standard InChI is InChI=1S/C25H37N5O4/c1-24(2,3)33-22(31)29(23(32)34-25(4,5)6)13-16-10-18(11-16)30-14-19(20-12-26-15-28(20)7)21(27-30)17-8-9-17/h12,14-18H,8-11,13H2,1-7H3. The predicted molar refractivity (Wildman–Crippen MR) is 127 cm³/mol. The fourth-order valence-electron chi connectivity index (χ4n) is 4.25. The number of amides is 2. The minimum absolute atomic E-state index is 0.166. The van der Waals surface area contributed by atoms with E-state index in [1.54, 1.807) is 41.5 Å². The molecule has 2 saturated carbocycles. The fourth-order valence-corrected chi connectivity index (χ4v) is 4.25. The Balaban J connectivity index is 1.44. The molecule has 2 aliphatic carbocycles. The molecular weight excluding hydrogens is 434 g/mol. The van der Waals surface area contributed by atoms with Crippen LogP contribution < -0.4 is 0 Å². The SMILES string of the molecule is Cn1cncc1-c1cn(C2CC(CN(C(=O)OC(C)(C)C)C(=O)OC(C)(C)C)C2)nc1C1CC1. The maximum absolute atomic E-state index is 12.8. The largest absolute Gasteiger partial charge is 0.443 e. The molecule has 2 aromatic heterocycles. The third-order valence-corrected chi connectivity index (χ3v) is 6.07. The molecule has 0 radical (unpaired) electrons. The van der Waals surface area contributed by atoms with Gasteiger partial charge in [-0.15, -0.1) is 0 Å². The van der Waals surface area contributed by atoms with E-state index in [4.69, 9.17) is 14.6 Å². The van der Waals surface area contributed by atoms with Crippen molar-refractivity contribution in [3.05, 3.63) is 24.4 Å². The zero-order valence-corrected chi connectivity index (χ0v) is 21.4. The quantitative estimate of drug-likeness (QED) is 0.589. The second-order valence-corrected chi connectivity index (χ2v) is 11.6. The first-order valence-corrected chi connectivity index (χ1v) is 12.1. The van der Waals surface area contributed by atoms with E-state index in [-0.39, 0.29) is 18.5 Å². The van der Waals surface area contributed by atoms with Gasteiger partial charge in [-0.1, -0.05) is 0 Å². The summed E-state index contributed by atoms with van der Waals surface area (Å²) in [5.41, 5.74) is 1.97. The van der Waals surface area contributed by atoms with Crippen LogP contribution in [0.2, 0.25) is 0 Å². The second kappa shape index (κ2) is 8.74. The number of imide groups is 1. The summed E-state index contributed by atoms with van der Waals surface area (Å²) in [6.45, 7) is 11.0. The first-order valence-electron chi connectivity index (χ1n) is 12.1. The molecule has 0 bridgehead atoms. The van der Waals surface area contributed by atoms with Crippen LogP contribution >= 0.6 is 0 Å². The highest BCUT2D eigenvalue weighted by Crippen LogP contribution is 2.45. The predicted octanol–water partition coefficient (Wildman–Crippen LogP) is 5.28. The van der Waals surface area contributed by atoms with E-state index >= 15 is 0 Å². The van der Waals surface area contributed by atoms with Gasteiger partial charge >= 0.3 is 12.2 Å². The number of aromatic nitrogens is 4. The molecule has 2 amide bonds. The van der Waals surface area contributed by atoms with Gasteiger partial charge < -0.3 is 14.0 Å². The van der Waals surface area contributed by atoms with Crippen molar-refractivity contribution < 1.29 is 19.1 Å². The lowest BCUT2D eigenvalue weighted by molar-refractivity contribution is -0.00641. The van der Waals surface area contributed by atoms with Crippen LogP contribution in [0.5, 0.6) is 0 Å². The fraction of sp³-hybridized carbons (Fsp3) is 0.680. The molecule has 4 rings (SSSR count). The number of ether oxygens (including phenoxy) is 2. The van der Waals surface area contributed by atoms with Crippen LogP contribution in [0.3, 0.4) is 0 Å². The molecule has 9 nitrogen and oxygen atoms in total. The maximum atomic E-state index is 12.8. The highest BCUT2D eigenvalue weighted by atomic mass is 16.6. The van der Waals surface area contributed by atoms with Gasteiger partial charge in [-0.3, -0.25) is 4.68 Å². The first kappa shape index (κ1) is 24.3. The van der Waals surface area contributed by atoms with Crippen LogP contribution in [0, 0.1) is 5.92 Å². The van der Waals surface area contributed by atoms with E-state index in [0.717, 1.165) is 34.7 Å². The van der Waals surface area contributed by atoms with E-state index in [2.05, 4.69) is 15.9 Å². The number of carbonyl (C=O) groups excluding carboxylic acids is 2. The minimum atomic E-state index is -0.698. The molecule has 2 aliphatic rings. The number of hydrogen-bond donors (Lipinski definition) is 0. The average molecular weight is 472 g/mol. The van der Waals surface area contributed by atoms with Gasteiger partial charge in [-0.25, -0.2) is 19.5 Å². The number of aryl methyl sites for hydroxylation is 1. The zero-order valence-electron chi connectivity index (χ0n) is 21.4. The second-order valence-electron chi connectivity index (χ2n) is 11.6. The number of nitrogens with zero attached hydrogens (tertiary/aromatic N) is 5. The molecule has 0 aliphatic heterocycles. The summed E-state index contributed by atoms with van der Waals surface area (Å²) < 4.78 is 15.1. The zero-order chi connectivity index (χ0) is 24.8. The molecule has 0 aromatic carbocycles. The third kappa shape index (κ3) is 5.62. The molecule has 0 N–H and O–H groups in total. The summed E-state index contributed by atoms with van der Waals surface area (Å²) >= 11 is 0. The summed E-state index contributed by atoms with van der Waals surface area (Å²) in [7, 11) is 2.00. The first-order chi connectivity index (χ1) is 15.8. The lowest BCUT2D eigenvalue weighted by atomic mass is 9.80. The minimum Gasteiger partial charge on any atom is -0.443 e. The Labute approximate surface area is 201 Å². The molecule has 0 spiro atoms. The molecule has 186 valence electrons. The summed E-state index contributed by atoms with van der Waals surface area (Å²) in [6.07, 6.45) is 8.51. The molecular formula is C25H37N5O4. The highest BCUT2D eigenvalue weighted by molar-refractivity contribution is 5.88. The van der Waals surface area contributed by atoms with Gasteiger partial charge in [-0.2, -0.15) is 5.10 Å². The van der Waals surface area contributed by atoms with Crippen molar-refractivity contribution in [2.24, 2.45) is 13.0 Å². The van der Waals surface area contributed by atoms with Gasteiger partial charge in [0.1, 0.15) is 11.2 Å². The molecule has 9 heteroatoms. The van der Waals surface area contributed by atoms with Gasteiger partial charge in [0, 0.05) is 31.3 Å². The van der Waals surface area contributed by atoms with Gasteiger partial charge in [0.15, 0.2) is 0 Å². The van der Waals surface area contributed by atoms with Gasteiger partial charge in [0.2, 0.25) is 0 Å². The van der Waals surface area contributed by atoms with Crippen molar-refractivity contribution in [2.75, 3.05) is 6.54 Å². The molecule has 0 atom stereocenters. The summed E-state index contributed by atoms with van der Waals surface area (Å²) in [4.78, 5) is 30.9. The van der Waals surface area contributed by atoms with Crippen molar-refractivity contribution in [1.82, 2.24) is 24.2 Å². The maximum Gasteiger partial charge on any atom is 0.419 e. The molecule has 34 heavy (non-hydrogen) atoms. The number of rotatable bonds is 5. The van der Waals surface area contributed by atoms with Crippen LogP contribution in [0.15, 0.2) is 18.7 Å². The van der Waals surface area contributed by atoms with Crippen LogP contribution in [0.4, 0.5) is 9.59 Å². The topological polar surface area (TPSA) is 91.5 Å². The lowest BCUT2D eigenvalue weighted by Crippen LogP contribution is -2.47. The van der Waals surface area contributed by atoms with Gasteiger partial charge in [0.25, 0.3) is 0 Å². The Bertz CT molecular complexity index is 1020. The van der Waals surface area contributed by atoms with Crippen molar-refractivity contribution in [3.63, 3.8) is 0 Å². The van der Waals surface area contributed by atoms with Gasteiger partial charge in [-0.05, 0) is 73.1 Å². The monoisotopic (exact) mass is 471 g/mol. The summed E-state index contributed by atoms with van der Waals surface area (Å²) in [5.74, 6) is 0.690. The Kier molecular flexibility index (Phi) is 6.25.